The highest BCUT2D eigenvalue weighted by atomic mass is 35.5. The lowest BCUT2D eigenvalue weighted by Crippen LogP contribution is -2.40. The van der Waals surface area contributed by atoms with Gasteiger partial charge in [-0.1, -0.05) is 54.1 Å². The summed E-state index contributed by atoms with van der Waals surface area (Å²) in [7, 11) is 0. The summed E-state index contributed by atoms with van der Waals surface area (Å²) in [5, 5.41) is 10.9. The lowest BCUT2D eigenvalue weighted by molar-refractivity contribution is -0.384. The number of nitro benzene ring substituents is 1. The number of hydrogen-bond donors (Lipinski definition) is 0. The largest absolute Gasteiger partial charge is 0.307 e. The van der Waals surface area contributed by atoms with Gasteiger partial charge >= 0.3 is 0 Å². The number of hydrogen-bond acceptors (Lipinski definition) is 3. The number of nitro groups is 1. The Balaban J connectivity index is 1.79. The van der Waals surface area contributed by atoms with Crippen molar-refractivity contribution < 1.29 is 14.1 Å². The van der Waals surface area contributed by atoms with E-state index in [4.69, 9.17) is 11.6 Å². The van der Waals surface area contributed by atoms with Crippen LogP contribution in [0.3, 0.4) is 0 Å². The van der Waals surface area contributed by atoms with Gasteiger partial charge in [0.25, 0.3) is 11.6 Å². The molecule has 1 aliphatic heterocycles. The molecule has 1 unspecified atom stereocenters. The zero-order valence-electron chi connectivity index (χ0n) is 14.5. The third-order valence-corrected chi connectivity index (χ3v) is 5.47. The number of carbonyl (C=O) groups excluding carboxylic acids is 1. The maximum atomic E-state index is 13.4. The molecule has 1 amide bonds. The Hall–Kier alpha value is -3.25. The van der Waals surface area contributed by atoms with Crippen molar-refractivity contribution in [3.05, 3.63) is 111 Å². The zero-order chi connectivity index (χ0) is 19.9. The SMILES string of the molecule is O=C1c2ccccc2C(Cl)(c2ccc(F)cc2)N1Cc1ccc([N+](=O)[O-])cc1. The molecule has 0 saturated heterocycles. The average Bonchev–Trinajstić information content (AvgIpc) is 2.92. The smallest absolute Gasteiger partial charge is 0.269 e. The molecule has 1 heterocycles. The predicted octanol–water partition coefficient (Wildman–Crippen LogP) is 4.83. The molecule has 3 aromatic rings. The van der Waals surface area contributed by atoms with E-state index in [1.807, 2.05) is 0 Å². The summed E-state index contributed by atoms with van der Waals surface area (Å²) in [4.78, 5) is 23.7. The monoisotopic (exact) mass is 396 g/mol. The van der Waals surface area contributed by atoms with E-state index < -0.39 is 15.7 Å². The van der Waals surface area contributed by atoms with E-state index in [1.165, 1.54) is 29.2 Å². The second kappa shape index (κ2) is 6.73. The Morgan fingerprint density at radius 3 is 2.29 bits per heavy atom. The number of fused-ring (bicyclic) bond motifs is 1. The number of halogens is 2. The van der Waals surface area contributed by atoms with Gasteiger partial charge in [0, 0.05) is 29.8 Å². The van der Waals surface area contributed by atoms with Gasteiger partial charge in [-0.2, -0.15) is 0 Å². The van der Waals surface area contributed by atoms with Crippen molar-refractivity contribution in [1.82, 2.24) is 4.90 Å². The summed E-state index contributed by atoms with van der Waals surface area (Å²) in [5.74, 6) is -0.656. The van der Waals surface area contributed by atoms with Crippen LogP contribution in [-0.2, 0) is 11.5 Å². The van der Waals surface area contributed by atoms with E-state index in [9.17, 15) is 19.3 Å². The lowest BCUT2D eigenvalue weighted by atomic mass is 9.97. The van der Waals surface area contributed by atoms with E-state index in [1.54, 1.807) is 48.5 Å². The first-order valence-corrected chi connectivity index (χ1v) is 8.89. The molecule has 0 N–H and O–H groups in total. The van der Waals surface area contributed by atoms with Crippen molar-refractivity contribution in [1.29, 1.82) is 0 Å². The van der Waals surface area contributed by atoms with E-state index in [0.717, 1.165) is 0 Å². The van der Waals surface area contributed by atoms with Crippen LogP contribution in [0.2, 0.25) is 0 Å². The van der Waals surface area contributed by atoms with Crippen LogP contribution in [0, 0.1) is 15.9 Å². The fourth-order valence-corrected chi connectivity index (χ4v) is 3.89. The van der Waals surface area contributed by atoms with Gasteiger partial charge in [-0.05, 0) is 29.3 Å². The Morgan fingerprint density at radius 1 is 1.00 bits per heavy atom. The van der Waals surface area contributed by atoms with Gasteiger partial charge in [0.2, 0.25) is 0 Å². The van der Waals surface area contributed by atoms with Crippen LogP contribution in [-0.4, -0.2) is 15.7 Å². The minimum absolute atomic E-state index is 0.0320. The minimum Gasteiger partial charge on any atom is -0.307 e. The first-order chi connectivity index (χ1) is 13.4. The number of rotatable bonds is 4. The summed E-state index contributed by atoms with van der Waals surface area (Å²) in [6, 6.07) is 18.7. The second-order valence-corrected chi connectivity index (χ2v) is 7.04. The molecule has 0 bridgehead atoms. The molecule has 1 atom stereocenters. The van der Waals surface area contributed by atoms with Crippen LogP contribution in [0.5, 0.6) is 0 Å². The maximum absolute atomic E-state index is 13.4. The van der Waals surface area contributed by atoms with Crippen molar-refractivity contribution >= 4 is 23.2 Å². The molecule has 0 fully saturated rings. The standard InChI is InChI=1S/C21H14ClFN2O3/c22-21(15-7-9-16(23)10-8-15)19-4-2-1-3-18(19)20(26)24(21)13-14-5-11-17(12-6-14)25(27)28/h1-12H,13H2. The van der Waals surface area contributed by atoms with E-state index in [2.05, 4.69) is 0 Å². The first-order valence-electron chi connectivity index (χ1n) is 8.51. The van der Waals surface area contributed by atoms with Crippen LogP contribution in [0.15, 0.2) is 72.8 Å². The molecule has 1 aliphatic rings. The van der Waals surface area contributed by atoms with Gasteiger partial charge in [0.1, 0.15) is 5.82 Å². The molecule has 0 aromatic heterocycles. The van der Waals surface area contributed by atoms with Gasteiger partial charge in [-0.15, -0.1) is 0 Å². The Kier molecular flexibility index (Phi) is 4.35. The molecule has 140 valence electrons. The van der Waals surface area contributed by atoms with Crippen LogP contribution < -0.4 is 0 Å². The average molecular weight is 397 g/mol. The molecule has 28 heavy (non-hydrogen) atoms. The quantitative estimate of drug-likeness (QED) is 0.274. The van der Waals surface area contributed by atoms with E-state index in [0.29, 0.717) is 22.3 Å². The van der Waals surface area contributed by atoms with Gasteiger partial charge in [-0.25, -0.2) is 4.39 Å². The zero-order valence-corrected chi connectivity index (χ0v) is 15.3. The van der Waals surface area contributed by atoms with Crippen molar-refractivity contribution in [2.75, 3.05) is 0 Å². The molecule has 0 radical (unpaired) electrons. The van der Waals surface area contributed by atoms with Crippen molar-refractivity contribution in [2.24, 2.45) is 0 Å². The lowest BCUT2D eigenvalue weighted by Gasteiger charge is -2.34. The fraction of sp³-hybridized carbons (Fsp3) is 0.0952. The topological polar surface area (TPSA) is 63.5 Å². The van der Waals surface area contributed by atoms with Crippen LogP contribution >= 0.6 is 11.6 Å². The molecule has 7 heteroatoms. The highest BCUT2D eigenvalue weighted by Crippen LogP contribution is 2.48. The Labute approximate surface area is 165 Å². The number of alkyl halides is 1. The summed E-state index contributed by atoms with van der Waals surface area (Å²) in [6.45, 7) is 0.145. The third-order valence-electron chi connectivity index (χ3n) is 4.85. The number of benzene rings is 3. The summed E-state index contributed by atoms with van der Waals surface area (Å²) >= 11 is 7.05. The molecule has 3 aromatic carbocycles. The normalized spacial score (nSPS) is 18.2. The molecule has 0 aliphatic carbocycles. The van der Waals surface area contributed by atoms with Gasteiger partial charge in [0.15, 0.2) is 5.00 Å². The predicted molar refractivity (Wildman–Crippen MR) is 102 cm³/mol. The Morgan fingerprint density at radius 2 is 1.64 bits per heavy atom. The van der Waals surface area contributed by atoms with Crippen molar-refractivity contribution in [2.45, 2.75) is 11.5 Å². The van der Waals surface area contributed by atoms with Crippen LogP contribution in [0.25, 0.3) is 0 Å². The molecule has 0 spiro atoms. The fourth-order valence-electron chi connectivity index (χ4n) is 3.46. The van der Waals surface area contributed by atoms with E-state index >= 15 is 0 Å². The number of nitrogens with zero attached hydrogens (tertiary/aromatic N) is 2. The minimum atomic E-state index is -1.30. The summed E-state index contributed by atoms with van der Waals surface area (Å²) < 4.78 is 13.4. The van der Waals surface area contributed by atoms with Gasteiger partial charge in [0.05, 0.1) is 4.92 Å². The van der Waals surface area contributed by atoms with Crippen molar-refractivity contribution in [3.63, 3.8) is 0 Å². The van der Waals surface area contributed by atoms with Crippen LogP contribution in [0.4, 0.5) is 10.1 Å². The molecular weight excluding hydrogens is 383 g/mol. The highest BCUT2D eigenvalue weighted by Gasteiger charge is 2.49. The van der Waals surface area contributed by atoms with E-state index in [-0.39, 0.29) is 18.1 Å². The maximum Gasteiger partial charge on any atom is 0.269 e. The van der Waals surface area contributed by atoms with Gasteiger partial charge in [-0.3, -0.25) is 14.9 Å². The second-order valence-electron chi connectivity index (χ2n) is 6.49. The van der Waals surface area contributed by atoms with Gasteiger partial charge < -0.3 is 4.90 Å². The Bertz CT molecular complexity index is 1070. The highest BCUT2D eigenvalue weighted by molar-refractivity contribution is 6.29. The first kappa shape index (κ1) is 18.1. The number of non-ortho nitro benzene ring substituents is 1. The summed E-state index contributed by atoms with van der Waals surface area (Å²) in [6.07, 6.45) is 0. The molecular formula is C21H14ClFN2O3. The molecule has 5 nitrogen and oxygen atoms in total. The third kappa shape index (κ3) is 2.82. The van der Waals surface area contributed by atoms with Crippen LogP contribution in [0.1, 0.15) is 27.0 Å². The van der Waals surface area contributed by atoms with Crippen molar-refractivity contribution in [3.8, 4) is 0 Å². The number of amides is 1. The number of carbonyl (C=O) groups is 1. The molecule has 0 saturated carbocycles. The summed E-state index contributed by atoms with van der Waals surface area (Å²) in [5.41, 5.74) is 2.32. The molecule has 4 rings (SSSR count).